The summed E-state index contributed by atoms with van der Waals surface area (Å²) in [5, 5.41) is 19.5. The molecular formula is C22H23N3O5S2. The predicted molar refractivity (Wildman–Crippen MR) is 118 cm³/mol. The molecule has 4 rings (SSSR count). The topological polar surface area (TPSA) is 108 Å². The van der Waals surface area contributed by atoms with Crippen molar-refractivity contribution in [2.24, 2.45) is 5.92 Å². The van der Waals surface area contributed by atoms with Gasteiger partial charge in [0.1, 0.15) is 5.00 Å². The van der Waals surface area contributed by atoms with Gasteiger partial charge >= 0.3 is 5.97 Å². The lowest BCUT2D eigenvalue weighted by Gasteiger charge is -2.18. The number of amides is 1. The number of anilines is 1. The molecule has 1 amide bonds. The van der Waals surface area contributed by atoms with E-state index in [1.54, 1.807) is 0 Å². The molecule has 8 nitrogen and oxygen atoms in total. The fourth-order valence-electron chi connectivity index (χ4n) is 3.66. The number of hydrogen-bond acceptors (Lipinski definition) is 8. The number of thioether (sulfide) groups is 1. The number of nitrogens with one attached hydrogen (secondary N) is 1. The van der Waals surface area contributed by atoms with Crippen LogP contribution in [0.3, 0.4) is 0 Å². The average molecular weight is 474 g/mol. The van der Waals surface area contributed by atoms with Gasteiger partial charge < -0.3 is 19.7 Å². The van der Waals surface area contributed by atoms with Crippen molar-refractivity contribution in [3.63, 3.8) is 0 Å². The number of esters is 1. The van der Waals surface area contributed by atoms with Crippen LogP contribution in [0.1, 0.15) is 39.7 Å². The maximum Gasteiger partial charge on any atom is 0.341 e. The van der Waals surface area contributed by atoms with Gasteiger partial charge in [0.15, 0.2) is 5.95 Å². The van der Waals surface area contributed by atoms with Gasteiger partial charge in [-0.1, -0.05) is 24.6 Å². The number of thiophene rings is 1. The molecule has 1 aliphatic carbocycles. The van der Waals surface area contributed by atoms with E-state index in [0.29, 0.717) is 22.2 Å². The minimum Gasteiger partial charge on any atom is -0.538 e. The van der Waals surface area contributed by atoms with E-state index in [4.69, 9.17) is 9.26 Å². The van der Waals surface area contributed by atoms with Crippen LogP contribution in [0, 0.1) is 12.8 Å². The molecule has 1 aliphatic rings. The minimum absolute atomic E-state index is 0.0398. The first-order valence-corrected chi connectivity index (χ1v) is 12.0. The number of rotatable bonds is 6. The summed E-state index contributed by atoms with van der Waals surface area (Å²) in [6.07, 6.45) is 2.67. The molecule has 0 spiro atoms. The number of aromatic nitrogens is 2. The van der Waals surface area contributed by atoms with Crippen molar-refractivity contribution in [2.45, 2.75) is 38.1 Å². The highest BCUT2D eigenvalue weighted by molar-refractivity contribution is 7.99. The van der Waals surface area contributed by atoms with Crippen LogP contribution in [0.5, 0.6) is 5.95 Å². The third-order valence-electron chi connectivity index (χ3n) is 5.35. The largest absolute Gasteiger partial charge is 0.538 e. The minimum atomic E-state index is -0.612. The van der Waals surface area contributed by atoms with E-state index in [0.717, 1.165) is 47.0 Å². The third-order valence-corrected chi connectivity index (χ3v) is 7.53. The van der Waals surface area contributed by atoms with Gasteiger partial charge in [0.2, 0.25) is 11.6 Å². The lowest BCUT2D eigenvalue weighted by atomic mass is 9.88. The van der Waals surface area contributed by atoms with Crippen molar-refractivity contribution in [2.75, 3.05) is 18.2 Å². The van der Waals surface area contributed by atoms with Crippen LogP contribution in [-0.4, -0.2) is 30.0 Å². The number of benzene rings is 1. The van der Waals surface area contributed by atoms with E-state index < -0.39 is 11.9 Å². The highest BCUT2D eigenvalue weighted by Gasteiger charge is 2.29. The van der Waals surface area contributed by atoms with Gasteiger partial charge in [-0.15, -0.1) is 11.3 Å². The molecule has 0 saturated carbocycles. The molecule has 0 bridgehead atoms. The Hall–Kier alpha value is -2.85. The number of ether oxygens (including phenoxy) is 1. The number of aryl methyl sites for hydroxylation is 1. The predicted octanol–water partition coefficient (Wildman–Crippen LogP) is 3.04. The Labute approximate surface area is 193 Å². The molecule has 1 N–H and O–H groups in total. The van der Waals surface area contributed by atoms with Crippen LogP contribution < -0.4 is 15.1 Å². The molecule has 10 heteroatoms. The molecule has 3 aromatic rings. The lowest BCUT2D eigenvalue weighted by molar-refractivity contribution is -0.705. The first-order chi connectivity index (χ1) is 15.4. The van der Waals surface area contributed by atoms with Crippen LogP contribution in [0.25, 0.3) is 5.69 Å². The summed E-state index contributed by atoms with van der Waals surface area (Å²) in [7, 11) is 1.34. The Morgan fingerprint density at radius 1 is 1.38 bits per heavy atom. The summed E-state index contributed by atoms with van der Waals surface area (Å²) in [4.78, 5) is 26.2. The smallest absolute Gasteiger partial charge is 0.341 e. The standard InChI is InChI=1S/C22H23N3O5S2/c1-12-4-7-14(8-5-12)25-20(22(28)30-24-25)31-11-17(26)23-19-18(21(27)29-3)15-9-6-13(2)10-16(15)32-19/h4-5,7-8,13H,6,9-11H2,1-3H3,(H-,23,24,26,27,28). The lowest BCUT2D eigenvalue weighted by Crippen LogP contribution is -2.35. The summed E-state index contributed by atoms with van der Waals surface area (Å²) >= 11 is 2.46. The van der Waals surface area contributed by atoms with Crippen LogP contribution in [0.2, 0.25) is 0 Å². The van der Waals surface area contributed by atoms with Crippen LogP contribution in [0.15, 0.2) is 33.8 Å². The van der Waals surface area contributed by atoms with Gasteiger partial charge in [-0.3, -0.25) is 4.79 Å². The van der Waals surface area contributed by atoms with Gasteiger partial charge in [-0.2, -0.15) is 0 Å². The second-order valence-corrected chi connectivity index (χ2v) is 9.87. The molecule has 0 aliphatic heterocycles. The Balaban J connectivity index is 1.51. The van der Waals surface area contributed by atoms with E-state index in [1.807, 2.05) is 31.2 Å². The molecule has 2 aromatic heterocycles. The summed E-state index contributed by atoms with van der Waals surface area (Å²) in [5.74, 6) is -0.894. The number of hydrogen-bond donors (Lipinski definition) is 1. The second-order valence-electron chi connectivity index (χ2n) is 7.80. The highest BCUT2D eigenvalue weighted by atomic mass is 32.2. The normalized spacial score (nSPS) is 15.3. The maximum atomic E-state index is 12.7. The number of nitrogens with zero attached hydrogens (tertiary/aromatic N) is 2. The van der Waals surface area contributed by atoms with Crippen LogP contribution >= 0.6 is 23.1 Å². The molecule has 0 saturated heterocycles. The summed E-state index contributed by atoms with van der Waals surface area (Å²) in [5.41, 5.74) is 3.16. The molecule has 168 valence electrons. The van der Waals surface area contributed by atoms with E-state index in [2.05, 4.69) is 17.5 Å². The first kappa shape index (κ1) is 22.3. The van der Waals surface area contributed by atoms with E-state index in [9.17, 15) is 14.7 Å². The van der Waals surface area contributed by atoms with Crippen LogP contribution in [-0.2, 0) is 22.4 Å². The van der Waals surface area contributed by atoms with E-state index >= 15 is 0 Å². The molecule has 1 atom stereocenters. The Bertz CT molecular complexity index is 1150. The fraction of sp³-hybridized carbons (Fsp3) is 0.364. The number of methoxy groups -OCH3 is 1. The van der Waals surface area contributed by atoms with Crippen molar-refractivity contribution in [1.29, 1.82) is 0 Å². The molecule has 2 heterocycles. The monoisotopic (exact) mass is 473 g/mol. The maximum absolute atomic E-state index is 12.7. The van der Waals surface area contributed by atoms with E-state index in [1.165, 1.54) is 23.1 Å². The van der Waals surface area contributed by atoms with Crippen molar-refractivity contribution >= 4 is 40.0 Å². The molecule has 0 fully saturated rings. The highest BCUT2D eigenvalue weighted by Crippen LogP contribution is 2.40. The van der Waals surface area contributed by atoms with Gasteiger partial charge in [0.05, 0.1) is 23.7 Å². The van der Waals surface area contributed by atoms with Gasteiger partial charge in [-0.25, -0.2) is 4.79 Å². The quantitative estimate of drug-likeness (QED) is 0.333. The zero-order chi connectivity index (χ0) is 22.8. The summed E-state index contributed by atoms with van der Waals surface area (Å²) < 4.78 is 11.2. The molecule has 1 unspecified atom stereocenters. The number of carbonyl (C=O) groups excluding carboxylic acids is 2. The molecule has 32 heavy (non-hydrogen) atoms. The Morgan fingerprint density at radius 3 is 2.84 bits per heavy atom. The van der Waals surface area contributed by atoms with Crippen molar-refractivity contribution in [3.05, 3.63) is 45.8 Å². The molecule has 0 radical (unpaired) electrons. The van der Waals surface area contributed by atoms with Gasteiger partial charge in [-0.05, 0) is 54.1 Å². The van der Waals surface area contributed by atoms with Crippen LogP contribution in [0.4, 0.5) is 5.00 Å². The first-order valence-electron chi connectivity index (χ1n) is 10.2. The summed E-state index contributed by atoms with van der Waals surface area (Å²) in [6.45, 7) is 4.14. The van der Waals surface area contributed by atoms with Crippen molar-refractivity contribution in [1.82, 2.24) is 5.27 Å². The number of fused-ring (bicyclic) bond motifs is 1. The average Bonchev–Trinajstić information content (AvgIpc) is 3.31. The second kappa shape index (κ2) is 9.33. The zero-order valence-electron chi connectivity index (χ0n) is 18.0. The van der Waals surface area contributed by atoms with Gasteiger partial charge in [0.25, 0.3) is 5.03 Å². The van der Waals surface area contributed by atoms with Crippen molar-refractivity contribution < 1.29 is 28.6 Å². The summed E-state index contributed by atoms with van der Waals surface area (Å²) in [6, 6.07) is 7.44. The van der Waals surface area contributed by atoms with Crippen molar-refractivity contribution in [3.8, 4) is 11.6 Å². The van der Waals surface area contributed by atoms with E-state index in [-0.39, 0.29) is 16.7 Å². The third kappa shape index (κ3) is 4.51. The number of carbonyl (C=O) groups is 2. The Kier molecular flexibility index (Phi) is 6.52. The fourth-order valence-corrected chi connectivity index (χ4v) is 5.84. The van der Waals surface area contributed by atoms with Gasteiger partial charge in [0, 0.05) is 17.0 Å². The zero-order valence-corrected chi connectivity index (χ0v) is 19.6. The SMILES string of the molecule is COC(=O)c1c(NC(=O)CSc2c([O-])on[n+]2-c2ccc(C)cc2)sc2c1CCC(C)C2. The Morgan fingerprint density at radius 2 is 2.12 bits per heavy atom. The molecule has 1 aromatic carbocycles. The molecular weight excluding hydrogens is 450 g/mol.